The maximum atomic E-state index is 9.32. The topological polar surface area (TPSA) is 55.5 Å². The van der Waals surface area contributed by atoms with E-state index < -0.39 is 0 Å². The van der Waals surface area contributed by atoms with Gasteiger partial charge in [-0.05, 0) is 38.5 Å². The molecule has 1 rings (SSSR count). The summed E-state index contributed by atoms with van der Waals surface area (Å²) in [6, 6.07) is 0. The first-order chi connectivity index (χ1) is 6.72. The van der Waals surface area contributed by atoms with Gasteiger partial charge in [-0.3, -0.25) is 0 Å². The lowest BCUT2D eigenvalue weighted by atomic mass is 9.95. The summed E-state index contributed by atoms with van der Waals surface area (Å²) in [5.74, 6) is 0. The van der Waals surface area contributed by atoms with Gasteiger partial charge in [0, 0.05) is 0 Å². The Kier molecular flexibility index (Phi) is 5.45. The zero-order valence-corrected chi connectivity index (χ0v) is 9.11. The first-order valence-corrected chi connectivity index (χ1v) is 5.81. The van der Waals surface area contributed by atoms with Crippen molar-refractivity contribution < 1.29 is 9.84 Å². The molecule has 0 unspecified atom stereocenters. The van der Waals surface area contributed by atoms with Crippen molar-refractivity contribution in [2.24, 2.45) is 5.73 Å². The molecule has 14 heavy (non-hydrogen) atoms. The minimum atomic E-state index is -0.110. The first-order valence-electron chi connectivity index (χ1n) is 5.81. The van der Waals surface area contributed by atoms with Crippen LogP contribution in [0.25, 0.3) is 0 Å². The van der Waals surface area contributed by atoms with Gasteiger partial charge < -0.3 is 15.6 Å². The summed E-state index contributed by atoms with van der Waals surface area (Å²) < 4.78 is 5.71. The number of hydrogen-bond donors (Lipinski definition) is 2. The number of aliphatic hydroxyl groups excluding tert-OH is 1. The molecule has 1 fully saturated rings. The van der Waals surface area contributed by atoms with Gasteiger partial charge in [0.1, 0.15) is 6.23 Å². The van der Waals surface area contributed by atoms with Gasteiger partial charge >= 0.3 is 0 Å². The van der Waals surface area contributed by atoms with E-state index in [0.717, 1.165) is 38.5 Å². The van der Waals surface area contributed by atoms with E-state index in [9.17, 15) is 5.11 Å². The van der Waals surface area contributed by atoms with E-state index in [4.69, 9.17) is 10.5 Å². The van der Waals surface area contributed by atoms with Gasteiger partial charge in [-0.2, -0.15) is 0 Å². The lowest BCUT2D eigenvalue weighted by molar-refractivity contribution is -0.0487. The molecule has 0 aliphatic heterocycles. The van der Waals surface area contributed by atoms with Crippen LogP contribution in [0.5, 0.6) is 0 Å². The second-order valence-electron chi connectivity index (χ2n) is 4.25. The molecule has 3 N–H and O–H groups in total. The smallest absolute Gasteiger partial charge is 0.106 e. The van der Waals surface area contributed by atoms with Crippen molar-refractivity contribution in [3.05, 3.63) is 0 Å². The summed E-state index contributed by atoms with van der Waals surface area (Å²) >= 11 is 0. The fourth-order valence-corrected chi connectivity index (χ4v) is 1.90. The molecule has 0 radical (unpaired) electrons. The molecule has 1 saturated carbocycles. The van der Waals surface area contributed by atoms with Crippen LogP contribution in [0.15, 0.2) is 0 Å². The van der Waals surface area contributed by atoms with Crippen molar-refractivity contribution in [1.82, 2.24) is 0 Å². The molecule has 0 amide bonds. The van der Waals surface area contributed by atoms with E-state index in [1.807, 2.05) is 0 Å². The highest BCUT2D eigenvalue weighted by Gasteiger charge is 2.21. The van der Waals surface area contributed by atoms with Gasteiger partial charge in [0.15, 0.2) is 0 Å². The van der Waals surface area contributed by atoms with Crippen LogP contribution in [0.1, 0.15) is 51.9 Å². The Labute approximate surface area is 86.6 Å². The van der Waals surface area contributed by atoms with Crippen LogP contribution in [-0.2, 0) is 4.74 Å². The quantitative estimate of drug-likeness (QED) is 0.667. The first kappa shape index (κ1) is 12.0. The molecule has 1 atom stereocenters. The van der Waals surface area contributed by atoms with E-state index >= 15 is 0 Å². The van der Waals surface area contributed by atoms with Crippen LogP contribution in [0.2, 0.25) is 0 Å². The second-order valence-corrected chi connectivity index (χ2v) is 4.25. The van der Waals surface area contributed by atoms with Crippen LogP contribution in [0, 0.1) is 0 Å². The predicted octanol–water partition coefficient (Wildman–Crippen LogP) is 1.78. The van der Waals surface area contributed by atoms with Crippen LogP contribution in [0.3, 0.4) is 0 Å². The van der Waals surface area contributed by atoms with E-state index in [-0.39, 0.29) is 18.4 Å². The second kappa shape index (κ2) is 6.38. The Balaban J connectivity index is 2.10. The molecular formula is C11H23NO2. The Morgan fingerprint density at radius 2 is 2.00 bits per heavy atom. The third kappa shape index (κ3) is 4.40. The van der Waals surface area contributed by atoms with E-state index in [2.05, 4.69) is 6.92 Å². The average Bonchev–Trinajstić information content (AvgIpc) is 2.18. The molecule has 84 valence electrons. The monoisotopic (exact) mass is 201 g/mol. The Morgan fingerprint density at radius 3 is 2.57 bits per heavy atom. The molecule has 0 spiro atoms. The van der Waals surface area contributed by atoms with Crippen LogP contribution < -0.4 is 5.73 Å². The third-order valence-corrected chi connectivity index (χ3v) is 2.85. The largest absolute Gasteiger partial charge is 0.393 e. The van der Waals surface area contributed by atoms with E-state index in [1.54, 1.807) is 0 Å². The number of aliphatic hydroxyl groups is 1. The molecule has 3 heteroatoms. The predicted molar refractivity (Wildman–Crippen MR) is 56.8 cm³/mol. The summed E-state index contributed by atoms with van der Waals surface area (Å²) in [5, 5.41) is 9.32. The van der Waals surface area contributed by atoms with Gasteiger partial charge in [-0.1, -0.05) is 13.3 Å². The van der Waals surface area contributed by atoms with Gasteiger partial charge in [0.25, 0.3) is 0 Å². The lowest BCUT2D eigenvalue weighted by Crippen LogP contribution is -2.33. The van der Waals surface area contributed by atoms with E-state index in [1.165, 1.54) is 6.42 Å². The molecule has 0 bridgehead atoms. The standard InChI is InChI=1S/C11H23NO2/c1-2-3-4-11(12)14-10-7-5-9(13)6-8-10/h9-11,13H,2-8,12H2,1H3/t9?,10?,11-/m0/s1. The fraction of sp³-hybridized carbons (Fsp3) is 1.00. The van der Waals surface area contributed by atoms with Crippen LogP contribution in [-0.4, -0.2) is 23.5 Å². The maximum absolute atomic E-state index is 9.32. The van der Waals surface area contributed by atoms with E-state index in [0.29, 0.717) is 0 Å². The number of ether oxygens (including phenoxy) is 1. The normalized spacial score (nSPS) is 30.2. The summed E-state index contributed by atoms with van der Waals surface area (Å²) in [6.07, 6.45) is 6.98. The number of unbranched alkanes of at least 4 members (excludes halogenated alkanes) is 1. The summed E-state index contributed by atoms with van der Waals surface area (Å²) in [4.78, 5) is 0. The van der Waals surface area contributed by atoms with Gasteiger partial charge in [-0.25, -0.2) is 0 Å². The van der Waals surface area contributed by atoms with Gasteiger partial charge in [0.05, 0.1) is 12.2 Å². The highest BCUT2D eigenvalue weighted by molar-refractivity contribution is 4.72. The Morgan fingerprint density at radius 1 is 1.36 bits per heavy atom. The van der Waals surface area contributed by atoms with Crippen molar-refractivity contribution in [2.45, 2.75) is 70.3 Å². The molecule has 0 heterocycles. The van der Waals surface area contributed by atoms with Crippen molar-refractivity contribution in [3.63, 3.8) is 0 Å². The minimum absolute atomic E-state index is 0.102. The van der Waals surface area contributed by atoms with Crippen LogP contribution >= 0.6 is 0 Å². The van der Waals surface area contributed by atoms with Crippen molar-refractivity contribution in [1.29, 1.82) is 0 Å². The fourth-order valence-electron chi connectivity index (χ4n) is 1.90. The Hall–Kier alpha value is -0.120. The van der Waals surface area contributed by atoms with Gasteiger partial charge in [-0.15, -0.1) is 0 Å². The summed E-state index contributed by atoms with van der Waals surface area (Å²) in [6.45, 7) is 2.16. The van der Waals surface area contributed by atoms with Gasteiger partial charge in [0.2, 0.25) is 0 Å². The molecule has 3 nitrogen and oxygen atoms in total. The number of hydrogen-bond acceptors (Lipinski definition) is 3. The molecule has 0 aromatic carbocycles. The lowest BCUT2D eigenvalue weighted by Gasteiger charge is -2.28. The molecule has 0 aromatic rings. The Bertz CT molecular complexity index is 144. The summed E-state index contributed by atoms with van der Waals surface area (Å²) in [5.41, 5.74) is 5.84. The zero-order valence-electron chi connectivity index (χ0n) is 9.11. The maximum Gasteiger partial charge on any atom is 0.106 e. The number of nitrogens with two attached hydrogens (primary N) is 1. The molecular weight excluding hydrogens is 178 g/mol. The zero-order chi connectivity index (χ0) is 10.4. The average molecular weight is 201 g/mol. The van der Waals surface area contributed by atoms with Crippen molar-refractivity contribution in [3.8, 4) is 0 Å². The highest BCUT2D eigenvalue weighted by Crippen LogP contribution is 2.22. The third-order valence-electron chi connectivity index (χ3n) is 2.85. The van der Waals surface area contributed by atoms with Crippen molar-refractivity contribution >= 4 is 0 Å². The minimum Gasteiger partial charge on any atom is -0.393 e. The number of rotatable bonds is 5. The van der Waals surface area contributed by atoms with Crippen molar-refractivity contribution in [2.75, 3.05) is 0 Å². The molecule has 0 saturated heterocycles. The molecule has 0 aromatic heterocycles. The van der Waals surface area contributed by atoms with Crippen LogP contribution in [0.4, 0.5) is 0 Å². The highest BCUT2D eigenvalue weighted by atomic mass is 16.5. The summed E-state index contributed by atoms with van der Waals surface area (Å²) in [7, 11) is 0. The molecule has 1 aliphatic rings. The SMILES string of the molecule is CCCC[C@@H](N)OC1CCC(O)CC1. The molecule has 1 aliphatic carbocycles.